The molecule has 2 heterocycles. The first kappa shape index (κ1) is 51.7. The Kier molecular flexibility index (Phi) is 17.5. The van der Waals surface area contributed by atoms with Gasteiger partial charge in [0.15, 0.2) is 14.5 Å². The Morgan fingerprint density at radius 3 is 1.88 bits per heavy atom. The van der Waals surface area contributed by atoms with Crippen LogP contribution in [0.2, 0.25) is 23.2 Å². The highest BCUT2D eigenvalue weighted by Crippen LogP contribution is 2.52. The lowest BCUT2D eigenvalue weighted by molar-refractivity contribution is -0.0943. The van der Waals surface area contributed by atoms with Gasteiger partial charge in [-0.05, 0) is 111 Å². The van der Waals surface area contributed by atoms with Crippen LogP contribution in [0.4, 0.5) is 0 Å². The van der Waals surface area contributed by atoms with Crippen molar-refractivity contribution < 1.29 is 37.2 Å². The molecule has 358 valence electrons. The van der Waals surface area contributed by atoms with Crippen molar-refractivity contribution >= 4 is 28.4 Å². The number of ether oxygens (including phenoxy) is 5. The maximum Gasteiger partial charge on any atom is 0.353 e. The zero-order valence-electron chi connectivity index (χ0n) is 40.3. The number of hydrogen-bond acceptors (Lipinski definition) is 12. The maximum absolute atomic E-state index is 14.3. The zero-order chi connectivity index (χ0) is 48.5. The largest absolute Gasteiger partial charge is 0.497 e. The molecule has 16 heteroatoms. The number of methoxy groups -OCH3 is 2. The second-order valence-corrected chi connectivity index (χ2v) is 25.0. The van der Waals surface area contributed by atoms with Gasteiger partial charge in [-0.3, -0.25) is 4.57 Å². The van der Waals surface area contributed by atoms with Gasteiger partial charge in [0.2, 0.25) is 5.88 Å². The van der Waals surface area contributed by atoms with Crippen molar-refractivity contribution in [3.05, 3.63) is 148 Å². The van der Waals surface area contributed by atoms with E-state index in [1.807, 2.05) is 78.9 Å². The Morgan fingerprint density at radius 2 is 1.37 bits per heavy atom. The van der Waals surface area contributed by atoms with Gasteiger partial charge in [0.25, 0.3) is 8.53 Å². The summed E-state index contributed by atoms with van der Waals surface area (Å²) in [7, 11) is -1.25. The van der Waals surface area contributed by atoms with Crippen molar-refractivity contribution in [2.75, 3.05) is 27.4 Å². The summed E-state index contributed by atoms with van der Waals surface area (Å²) < 4.78 is 56.7. The van der Waals surface area contributed by atoms with E-state index in [1.165, 1.54) is 4.57 Å². The highest BCUT2D eigenvalue weighted by atomic mass is 35.5. The molecule has 0 spiro atoms. The van der Waals surface area contributed by atoms with E-state index in [9.17, 15) is 10.1 Å². The van der Waals surface area contributed by atoms with Gasteiger partial charge in [0.1, 0.15) is 41.2 Å². The van der Waals surface area contributed by atoms with Gasteiger partial charge in [0.05, 0.1) is 39.9 Å². The Morgan fingerprint density at radius 1 is 0.821 bits per heavy atom. The lowest BCUT2D eigenvalue weighted by Gasteiger charge is -2.42. The first-order valence-corrected chi connectivity index (χ1v) is 26.9. The summed E-state index contributed by atoms with van der Waals surface area (Å²) in [6, 6.07) is 36.3. The number of hydrogen-bond donors (Lipinski definition) is 0. The first-order chi connectivity index (χ1) is 31.9. The van der Waals surface area contributed by atoms with Crippen LogP contribution >= 0.6 is 20.1 Å². The summed E-state index contributed by atoms with van der Waals surface area (Å²) in [5, 5.41) is 9.90. The molecule has 5 aromatic rings. The van der Waals surface area contributed by atoms with Crippen LogP contribution in [0.15, 0.2) is 120 Å². The van der Waals surface area contributed by atoms with E-state index in [0.717, 1.165) is 16.7 Å². The van der Waals surface area contributed by atoms with Crippen LogP contribution in [-0.2, 0) is 28.5 Å². The molecule has 1 saturated heterocycles. The van der Waals surface area contributed by atoms with E-state index in [-0.39, 0.29) is 42.6 Å². The Hall–Kier alpha value is -4.65. The van der Waals surface area contributed by atoms with E-state index in [1.54, 1.807) is 50.7 Å². The van der Waals surface area contributed by atoms with Gasteiger partial charge in [-0.15, -0.1) is 0 Å². The fourth-order valence-corrected chi connectivity index (χ4v) is 11.0. The van der Waals surface area contributed by atoms with E-state index in [4.69, 9.17) is 48.8 Å². The van der Waals surface area contributed by atoms with Crippen LogP contribution in [0.25, 0.3) is 0 Å². The van der Waals surface area contributed by atoms with Crippen molar-refractivity contribution in [2.24, 2.45) is 0 Å². The van der Waals surface area contributed by atoms with Crippen LogP contribution in [0, 0.1) is 11.3 Å². The zero-order valence-corrected chi connectivity index (χ0v) is 43.0. The molecule has 4 aromatic carbocycles. The summed E-state index contributed by atoms with van der Waals surface area (Å²) in [6.45, 7) is 19.2. The number of nitrogens with zero attached hydrogens (tertiary/aromatic N) is 4. The van der Waals surface area contributed by atoms with Gasteiger partial charge >= 0.3 is 5.69 Å². The lowest BCUT2D eigenvalue weighted by Crippen LogP contribution is -2.50. The maximum atomic E-state index is 14.3. The van der Waals surface area contributed by atoms with Gasteiger partial charge < -0.3 is 37.2 Å². The van der Waals surface area contributed by atoms with Crippen molar-refractivity contribution in [3.63, 3.8) is 0 Å². The van der Waals surface area contributed by atoms with Crippen molar-refractivity contribution in [2.45, 2.75) is 115 Å². The Balaban J connectivity index is 1.53. The molecule has 67 heavy (non-hydrogen) atoms. The van der Waals surface area contributed by atoms with Crippen LogP contribution in [0.3, 0.4) is 0 Å². The number of benzene rings is 4. The monoisotopic (exact) mass is 970 g/mol. The Bertz CT molecular complexity index is 2390. The Labute approximate surface area is 402 Å². The smallest absolute Gasteiger partial charge is 0.353 e. The molecule has 13 nitrogen and oxygen atoms in total. The average molecular weight is 972 g/mol. The predicted molar refractivity (Wildman–Crippen MR) is 264 cm³/mol. The van der Waals surface area contributed by atoms with Gasteiger partial charge in [-0.25, -0.2) is 9.46 Å². The fraction of sp³-hybridized carbons (Fsp3) is 0.431. The average Bonchev–Trinajstić information content (AvgIpc) is 3.62. The highest BCUT2D eigenvalue weighted by molar-refractivity contribution is 7.44. The van der Waals surface area contributed by atoms with Crippen LogP contribution in [0.5, 0.6) is 23.1 Å². The lowest BCUT2D eigenvalue weighted by atomic mass is 9.80. The second kappa shape index (κ2) is 22.6. The van der Waals surface area contributed by atoms with Crippen molar-refractivity contribution in [1.82, 2.24) is 14.2 Å². The molecule has 0 saturated carbocycles. The molecule has 0 N–H and O–H groups in total. The molecule has 5 atom stereocenters. The minimum Gasteiger partial charge on any atom is -0.497 e. The SMILES string of the molecule is COc1ccc(C(OCC2OC(n3ccc(Oc4ccc(Cl)cc4)nc3=O)C(O[Si](C)(C)C(C)(C)C)C2OP(OCCC#N)N(C(C)C)C(C)C)(c2ccccc2)c2ccc(OC)cc2)cc1. The first-order valence-electron chi connectivity index (χ1n) is 22.5. The van der Waals surface area contributed by atoms with E-state index in [0.29, 0.717) is 22.3 Å². The molecule has 1 aliphatic heterocycles. The minimum atomic E-state index is -2.67. The number of nitriles is 1. The molecular formula is C51H64ClN4O9PSi. The molecule has 1 aliphatic rings. The summed E-state index contributed by atoms with van der Waals surface area (Å²) in [5.41, 5.74) is 0.687. The van der Waals surface area contributed by atoms with Crippen LogP contribution in [0.1, 0.15) is 77.8 Å². The predicted octanol–water partition coefficient (Wildman–Crippen LogP) is 11.7. The van der Waals surface area contributed by atoms with E-state index in [2.05, 4.69) is 77.3 Å². The van der Waals surface area contributed by atoms with Crippen LogP contribution in [-0.4, -0.2) is 80.4 Å². The molecular weight excluding hydrogens is 907 g/mol. The fourth-order valence-electron chi connectivity index (χ4n) is 7.79. The third-order valence-electron chi connectivity index (χ3n) is 12.1. The molecule has 1 fully saturated rings. The van der Waals surface area contributed by atoms with E-state index >= 15 is 0 Å². The molecule has 0 amide bonds. The molecule has 5 unspecified atom stereocenters. The molecule has 0 aliphatic carbocycles. The third-order valence-corrected chi connectivity index (χ3v) is 19.0. The quantitative estimate of drug-likeness (QED) is 0.0300. The van der Waals surface area contributed by atoms with Crippen molar-refractivity contribution in [3.8, 4) is 29.2 Å². The normalized spacial score (nSPS) is 18.3. The molecule has 0 bridgehead atoms. The third kappa shape index (κ3) is 12.2. The summed E-state index contributed by atoms with van der Waals surface area (Å²) in [6.07, 6.45) is -1.85. The van der Waals surface area contributed by atoms with Gasteiger partial charge in [-0.1, -0.05) is 87.0 Å². The highest BCUT2D eigenvalue weighted by Gasteiger charge is 2.54. The van der Waals surface area contributed by atoms with Crippen molar-refractivity contribution in [1.29, 1.82) is 5.26 Å². The number of halogens is 1. The summed E-state index contributed by atoms with van der Waals surface area (Å²) in [5.74, 6) is 1.95. The number of rotatable bonds is 21. The van der Waals surface area contributed by atoms with Crippen LogP contribution < -0.4 is 19.9 Å². The summed E-state index contributed by atoms with van der Waals surface area (Å²) >= 11 is 6.12. The minimum absolute atomic E-state index is 0.00310. The number of aromatic nitrogens is 2. The van der Waals surface area contributed by atoms with E-state index < -0.39 is 52.7 Å². The van der Waals surface area contributed by atoms with Gasteiger partial charge in [-0.2, -0.15) is 10.2 Å². The standard InChI is InChI=1S/C51H64ClN4O9PSi/c1-35(2)56(36(3)4)66(61-33-15-31-53)64-46-44(34-60-51(37-16-13-12-14-17-37,38-18-24-41(58-8)25-19-38)39-20-26-42(59-9)27-21-39)63-48(47(46)65-67(10,11)50(5,6)7)55-32-30-45(54-49(55)57)62-43-28-22-40(52)23-29-43/h12-14,16-30,32,35-36,44,46-48H,15,33-34H2,1-11H3. The topological polar surface area (TPSA) is 136 Å². The molecule has 0 radical (unpaired) electrons. The summed E-state index contributed by atoms with van der Waals surface area (Å²) in [4.78, 5) is 18.7. The second-order valence-electron chi connectivity index (χ2n) is 18.4. The molecule has 6 rings (SSSR count). The van der Waals surface area contributed by atoms with Gasteiger partial charge in [0, 0.05) is 29.4 Å². The molecule has 1 aromatic heterocycles.